The first-order chi connectivity index (χ1) is 16.6. The first-order valence-corrected chi connectivity index (χ1v) is 12.6. The molecule has 1 N–H and O–H groups in total. The summed E-state index contributed by atoms with van der Waals surface area (Å²) in [4.78, 5) is 14.0. The van der Waals surface area contributed by atoms with Crippen molar-refractivity contribution in [3.63, 3.8) is 0 Å². The van der Waals surface area contributed by atoms with Gasteiger partial charge in [-0.15, -0.1) is 21.5 Å². The molecule has 0 aliphatic heterocycles. The summed E-state index contributed by atoms with van der Waals surface area (Å²) in [6, 6.07) is 19.4. The van der Waals surface area contributed by atoms with E-state index >= 15 is 0 Å². The number of aromatic nitrogens is 3. The van der Waals surface area contributed by atoms with Gasteiger partial charge in [-0.2, -0.15) is 0 Å². The molecule has 0 bridgehead atoms. The lowest BCUT2D eigenvalue weighted by atomic mass is 10.2. The average Bonchev–Trinajstić information content (AvgIpc) is 3.54. The molecule has 1 atom stereocenters. The first-order valence-electron chi connectivity index (χ1n) is 10.8. The van der Waals surface area contributed by atoms with E-state index in [0.717, 1.165) is 29.2 Å². The van der Waals surface area contributed by atoms with Crippen molar-refractivity contribution in [2.45, 2.75) is 23.8 Å². The summed E-state index contributed by atoms with van der Waals surface area (Å²) in [7, 11) is 3.27. The molecule has 176 valence electrons. The van der Waals surface area contributed by atoms with Gasteiger partial charge >= 0.3 is 0 Å². The summed E-state index contributed by atoms with van der Waals surface area (Å²) < 4.78 is 12.5. The molecular weight excluding hydrogens is 468 g/mol. The molecule has 2 heterocycles. The minimum absolute atomic E-state index is 0.0307. The zero-order chi connectivity index (χ0) is 23.9. The molecule has 0 saturated heterocycles. The number of benzene rings is 2. The van der Waals surface area contributed by atoms with Crippen LogP contribution in [0.2, 0.25) is 0 Å². The van der Waals surface area contributed by atoms with Gasteiger partial charge in [-0.05, 0) is 73.3 Å². The minimum atomic E-state index is -0.340. The Balaban J connectivity index is 1.56. The minimum Gasteiger partial charge on any atom is -0.497 e. The maximum atomic E-state index is 12.7. The van der Waals surface area contributed by atoms with Crippen LogP contribution in [-0.2, 0) is 11.2 Å². The van der Waals surface area contributed by atoms with Gasteiger partial charge in [-0.25, -0.2) is 0 Å². The van der Waals surface area contributed by atoms with E-state index in [1.165, 1.54) is 16.6 Å². The third-order valence-electron chi connectivity index (χ3n) is 5.21. The van der Waals surface area contributed by atoms with Crippen LogP contribution in [-0.4, -0.2) is 46.7 Å². The fourth-order valence-electron chi connectivity index (χ4n) is 3.36. The lowest BCUT2D eigenvalue weighted by Gasteiger charge is -2.14. The number of carbonyl (C=O) groups excluding carboxylic acids is 1. The van der Waals surface area contributed by atoms with E-state index in [0.29, 0.717) is 17.5 Å². The lowest BCUT2D eigenvalue weighted by Crippen LogP contribution is -2.32. The lowest BCUT2D eigenvalue weighted by molar-refractivity contribution is -0.120. The van der Waals surface area contributed by atoms with Gasteiger partial charge in [0, 0.05) is 22.7 Å². The monoisotopic (exact) mass is 494 g/mol. The highest BCUT2D eigenvalue weighted by Crippen LogP contribution is 2.31. The van der Waals surface area contributed by atoms with Crippen molar-refractivity contribution >= 4 is 29.0 Å². The molecule has 34 heavy (non-hydrogen) atoms. The zero-order valence-corrected chi connectivity index (χ0v) is 20.9. The van der Waals surface area contributed by atoms with Crippen LogP contribution < -0.4 is 14.8 Å². The van der Waals surface area contributed by atoms with Crippen molar-refractivity contribution in [1.29, 1.82) is 0 Å². The Morgan fingerprint density at radius 3 is 2.32 bits per heavy atom. The predicted octanol–water partition coefficient (Wildman–Crippen LogP) is 4.85. The number of hydrogen-bond acceptors (Lipinski definition) is 7. The zero-order valence-electron chi connectivity index (χ0n) is 19.2. The standard InChI is InChI=1S/C25H26N4O3S2/c1-17(24(30)26-15-14-22-5-4-16-33-22)34-25-28-27-23(18-6-10-20(31-2)11-7-18)29(25)19-8-12-21(32-3)13-9-19/h4-13,16-17H,14-15H2,1-3H3,(H,26,30)/t17-/m0/s1. The molecule has 4 aromatic rings. The second kappa shape index (κ2) is 11.2. The highest BCUT2D eigenvalue weighted by molar-refractivity contribution is 8.00. The third-order valence-corrected chi connectivity index (χ3v) is 7.19. The fraction of sp³-hybridized carbons (Fsp3) is 0.240. The van der Waals surface area contributed by atoms with Gasteiger partial charge in [0.2, 0.25) is 5.91 Å². The molecule has 0 unspecified atom stereocenters. The second-order valence-electron chi connectivity index (χ2n) is 7.45. The van der Waals surface area contributed by atoms with Gasteiger partial charge in [-0.3, -0.25) is 9.36 Å². The highest BCUT2D eigenvalue weighted by Gasteiger charge is 2.22. The van der Waals surface area contributed by atoms with Crippen LogP contribution in [0.5, 0.6) is 11.5 Å². The predicted molar refractivity (Wildman–Crippen MR) is 136 cm³/mol. The highest BCUT2D eigenvalue weighted by atomic mass is 32.2. The fourth-order valence-corrected chi connectivity index (χ4v) is 4.96. The van der Waals surface area contributed by atoms with Crippen molar-refractivity contribution in [3.05, 3.63) is 70.9 Å². The normalized spacial score (nSPS) is 11.7. The Morgan fingerprint density at radius 2 is 1.71 bits per heavy atom. The molecule has 7 nitrogen and oxygen atoms in total. The Bertz CT molecular complexity index is 1210. The summed E-state index contributed by atoms with van der Waals surface area (Å²) >= 11 is 3.07. The van der Waals surface area contributed by atoms with Gasteiger partial charge in [0.1, 0.15) is 11.5 Å². The number of carbonyl (C=O) groups is 1. The van der Waals surface area contributed by atoms with Crippen LogP contribution in [0.15, 0.2) is 71.2 Å². The van der Waals surface area contributed by atoms with Gasteiger partial charge in [-0.1, -0.05) is 17.8 Å². The first kappa shape index (κ1) is 23.8. The maximum absolute atomic E-state index is 12.7. The van der Waals surface area contributed by atoms with Crippen molar-refractivity contribution < 1.29 is 14.3 Å². The second-order valence-corrected chi connectivity index (χ2v) is 9.79. The molecule has 0 fully saturated rings. The van der Waals surface area contributed by atoms with Crippen molar-refractivity contribution in [2.24, 2.45) is 0 Å². The smallest absolute Gasteiger partial charge is 0.233 e. The van der Waals surface area contributed by atoms with Crippen molar-refractivity contribution in [3.8, 4) is 28.6 Å². The molecule has 1 amide bonds. The van der Waals surface area contributed by atoms with Crippen molar-refractivity contribution in [1.82, 2.24) is 20.1 Å². The summed E-state index contributed by atoms with van der Waals surface area (Å²) in [6.45, 7) is 2.48. The molecule has 0 aliphatic carbocycles. The maximum Gasteiger partial charge on any atom is 0.233 e. The van der Waals surface area contributed by atoms with Crippen LogP contribution in [0.1, 0.15) is 11.8 Å². The van der Waals surface area contributed by atoms with E-state index in [4.69, 9.17) is 9.47 Å². The number of rotatable bonds is 10. The SMILES string of the molecule is COc1ccc(-c2nnc(S[C@@H](C)C(=O)NCCc3cccs3)n2-c2ccc(OC)cc2)cc1. The van der Waals surface area contributed by atoms with Crippen LogP contribution in [0.4, 0.5) is 0 Å². The molecule has 0 spiro atoms. The summed E-state index contributed by atoms with van der Waals surface area (Å²) in [6.07, 6.45) is 0.824. The van der Waals surface area contributed by atoms with E-state index < -0.39 is 0 Å². The van der Waals surface area contributed by atoms with Gasteiger partial charge in [0.15, 0.2) is 11.0 Å². The van der Waals surface area contributed by atoms with Gasteiger partial charge < -0.3 is 14.8 Å². The number of amides is 1. The molecular formula is C25H26N4O3S2. The van der Waals surface area contributed by atoms with Crippen LogP contribution in [0, 0.1) is 0 Å². The molecule has 2 aromatic carbocycles. The van der Waals surface area contributed by atoms with E-state index in [-0.39, 0.29) is 11.2 Å². The molecule has 2 aromatic heterocycles. The largest absolute Gasteiger partial charge is 0.497 e. The average molecular weight is 495 g/mol. The van der Waals surface area contributed by atoms with E-state index in [1.54, 1.807) is 25.6 Å². The number of ether oxygens (including phenoxy) is 2. The summed E-state index contributed by atoms with van der Waals surface area (Å²) in [5, 5.41) is 14.3. The molecule has 9 heteroatoms. The Morgan fingerprint density at radius 1 is 1.03 bits per heavy atom. The Labute approximate surface area is 207 Å². The number of thiophene rings is 1. The summed E-state index contributed by atoms with van der Waals surface area (Å²) in [5.41, 5.74) is 1.77. The van der Waals surface area contributed by atoms with Crippen molar-refractivity contribution in [2.75, 3.05) is 20.8 Å². The Kier molecular flexibility index (Phi) is 7.87. The van der Waals surface area contributed by atoms with Gasteiger partial charge in [0.05, 0.1) is 19.5 Å². The summed E-state index contributed by atoms with van der Waals surface area (Å²) in [5.74, 6) is 2.18. The van der Waals surface area contributed by atoms with E-state index in [2.05, 4.69) is 21.6 Å². The molecule has 4 rings (SSSR count). The Hall–Kier alpha value is -3.30. The molecule has 0 saturated carbocycles. The van der Waals surface area contributed by atoms with E-state index in [1.807, 2.05) is 71.5 Å². The van der Waals surface area contributed by atoms with Crippen LogP contribution >= 0.6 is 23.1 Å². The number of nitrogens with one attached hydrogen (secondary N) is 1. The number of methoxy groups -OCH3 is 2. The van der Waals surface area contributed by atoms with Gasteiger partial charge in [0.25, 0.3) is 0 Å². The van der Waals surface area contributed by atoms with Crippen LogP contribution in [0.25, 0.3) is 17.1 Å². The molecule has 0 aliphatic rings. The quantitative estimate of drug-likeness (QED) is 0.318. The number of nitrogens with zero attached hydrogens (tertiary/aromatic N) is 3. The number of hydrogen-bond donors (Lipinski definition) is 1. The topological polar surface area (TPSA) is 78.3 Å². The van der Waals surface area contributed by atoms with Crippen LogP contribution in [0.3, 0.4) is 0 Å². The third kappa shape index (κ3) is 5.60. The van der Waals surface area contributed by atoms with E-state index in [9.17, 15) is 4.79 Å². The molecule has 0 radical (unpaired) electrons. The number of thioether (sulfide) groups is 1.